The quantitative estimate of drug-likeness (QED) is 0.735. The zero-order chi connectivity index (χ0) is 9.97. The normalized spacial score (nSPS) is 15.3. The number of aryl methyl sites for hydroxylation is 1. The molecule has 1 aliphatic rings. The Hall–Kier alpha value is -1.25. The minimum Gasteiger partial charge on any atom is -0.485 e. The summed E-state index contributed by atoms with van der Waals surface area (Å²) in [5, 5.41) is 0. The fourth-order valence-electron chi connectivity index (χ4n) is 1.22. The molecular weight excluding hydrogens is 178 g/mol. The molecule has 76 valence electrons. The van der Waals surface area contributed by atoms with Crippen molar-refractivity contribution in [3.05, 3.63) is 17.8 Å². The molecular formula is C11H15NO2. The number of hydrogen-bond donors (Lipinski definition) is 0. The van der Waals surface area contributed by atoms with Gasteiger partial charge in [0.2, 0.25) is 0 Å². The van der Waals surface area contributed by atoms with Gasteiger partial charge in [0.05, 0.1) is 12.7 Å². The van der Waals surface area contributed by atoms with E-state index in [0.717, 1.165) is 24.3 Å². The summed E-state index contributed by atoms with van der Waals surface area (Å²) in [6.07, 6.45) is 2.69. The van der Waals surface area contributed by atoms with E-state index in [4.69, 9.17) is 9.47 Å². The molecule has 0 spiro atoms. The minimum atomic E-state index is 0.388. The van der Waals surface area contributed by atoms with Crippen LogP contribution in [0.4, 0.5) is 0 Å². The molecule has 0 amide bonds. The van der Waals surface area contributed by atoms with Crippen molar-refractivity contribution in [1.82, 2.24) is 4.98 Å². The van der Waals surface area contributed by atoms with Crippen LogP contribution in [0.5, 0.6) is 11.6 Å². The molecule has 2 rings (SSSR count). The molecule has 1 saturated carbocycles. The highest BCUT2D eigenvalue weighted by Gasteiger charge is 2.25. The van der Waals surface area contributed by atoms with E-state index >= 15 is 0 Å². The Morgan fingerprint density at radius 1 is 1.43 bits per heavy atom. The maximum Gasteiger partial charge on any atom is 0.257 e. The molecule has 0 saturated heterocycles. The van der Waals surface area contributed by atoms with Gasteiger partial charge in [0, 0.05) is 5.69 Å². The van der Waals surface area contributed by atoms with Crippen LogP contribution in [0.1, 0.15) is 25.5 Å². The molecule has 0 N–H and O–H groups in total. The largest absolute Gasteiger partial charge is 0.485 e. The van der Waals surface area contributed by atoms with Gasteiger partial charge in [-0.3, -0.25) is 0 Å². The van der Waals surface area contributed by atoms with Gasteiger partial charge in [-0.25, -0.2) is 4.98 Å². The van der Waals surface area contributed by atoms with E-state index in [1.807, 2.05) is 26.0 Å². The molecule has 1 aliphatic carbocycles. The van der Waals surface area contributed by atoms with Crippen molar-refractivity contribution >= 4 is 0 Å². The Kier molecular flexibility index (Phi) is 2.57. The van der Waals surface area contributed by atoms with Gasteiger partial charge < -0.3 is 9.47 Å². The monoisotopic (exact) mass is 193 g/mol. The van der Waals surface area contributed by atoms with E-state index in [2.05, 4.69) is 4.98 Å². The Morgan fingerprint density at radius 3 is 2.86 bits per heavy atom. The molecule has 1 fully saturated rings. The summed E-state index contributed by atoms with van der Waals surface area (Å²) in [6.45, 7) is 4.52. The van der Waals surface area contributed by atoms with Crippen LogP contribution in [0.3, 0.4) is 0 Å². The van der Waals surface area contributed by atoms with Crippen LogP contribution >= 0.6 is 0 Å². The molecule has 0 aromatic carbocycles. The molecule has 3 nitrogen and oxygen atoms in total. The summed E-state index contributed by atoms with van der Waals surface area (Å²) in [5.41, 5.74) is 0.955. The van der Waals surface area contributed by atoms with Crippen LogP contribution in [-0.4, -0.2) is 17.7 Å². The van der Waals surface area contributed by atoms with Gasteiger partial charge >= 0.3 is 0 Å². The van der Waals surface area contributed by atoms with Crippen molar-refractivity contribution in [2.24, 2.45) is 0 Å². The van der Waals surface area contributed by atoms with Crippen LogP contribution < -0.4 is 9.47 Å². The lowest BCUT2D eigenvalue weighted by molar-refractivity contribution is 0.259. The molecule has 3 heteroatoms. The lowest BCUT2D eigenvalue weighted by atomic mass is 10.3. The van der Waals surface area contributed by atoms with Crippen LogP contribution in [0.15, 0.2) is 12.1 Å². The van der Waals surface area contributed by atoms with Crippen molar-refractivity contribution < 1.29 is 9.47 Å². The van der Waals surface area contributed by atoms with Gasteiger partial charge in [-0.15, -0.1) is 0 Å². The van der Waals surface area contributed by atoms with E-state index in [1.54, 1.807) is 0 Å². The average molecular weight is 193 g/mol. The molecule has 14 heavy (non-hydrogen) atoms. The third-order valence-corrected chi connectivity index (χ3v) is 2.06. The summed E-state index contributed by atoms with van der Waals surface area (Å²) in [4.78, 5) is 4.30. The molecule has 1 aromatic heterocycles. The molecule has 1 heterocycles. The Morgan fingerprint density at radius 2 is 2.21 bits per heavy atom. The van der Waals surface area contributed by atoms with Crippen molar-refractivity contribution in [3.63, 3.8) is 0 Å². The Labute approximate surface area is 84.1 Å². The highest BCUT2D eigenvalue weighted by atomic mass is 16.5. The lowest BCUT2D eigenvalue weighted by Crippen LogP contribution is -2.02. The second-order valence-electron chi connectivity index (χ2n) is 3.51. The number of aromatic nitrogens is 1. The topological polar surface area (TPSA) is 31.4 Å². The third-order valence-electron chi connectivity index (χ3n) is 2.06. The van der Waals surface area contributed by atoms with Crippen LogP contribution in [0.25, 0.3) is 0 Å². The first-order valence-electron chi connectivity index (χ1n) is 5.06. The van der Waals surface area contributed by atoms with E-state index in [1.165, 1.54) is 0 Å². The predicted octanol–water partition coefficient (Wildman–Crippen LogP) is 2.33. The molecule has 0 radical (unpaired) electrons. The van der Waals surface area contributed by atoms with Crippen LogP contribution in [0.2, 0.25) is 0 Å². The predicted molar refractivity (Wildman–Crippen MR) is 53.8 cm³/mol. The summed E-state index contributed by atoms with van der Waals surface area (Å²) in [6, 6.07) is 3.88. The minimum absolute atomic E-state index is 0.388. The average Bonchev–Trinajstić information content (AvgIpc) is 2.94. The second kappa shape index (κ2) is 3.86. The SMILES string of the molecule is CCOc1nc(C)ccc1OC1CC1. The zero-order valence-electron chi connectivity index (χ0n) is 8.62. The summed E-state index contributed by atoms with van der Waals surface area (Å²) >= 11 is 0. The van der Waals surface area contributed by atoms with E-state index in [0.29, 0.717) is 18.6 Å². The molecule has 0 bridgehead atoms. The van der Waals surface area contributed by atoms with Crippen molar-refractivity contribution in [2.75, 3.05) is 6.61 Å². The molecule has 0 unspecified atom stereocenters. The Balaban J connectivity index is 2.17. The van der Waals surface area contributed by atoms with Gasteiger partial charge in [-0.1, -0.05) is 0 Å². The fraction of sp³-hybridized carbons (Fsp3) is 0.545. The lowest BCUT2D eigenvalue weighted by Gasteiger charge is -2.10. The Bertz CT molecular complexity index is 321. The maximum absolute atomic E-state index is 5.68. The number of pyridine rings is 1. The van der Waals surface area contributed by atoms with E-state index in [9.17, 15) is 0 Å². The number of nitrogens with zero attached hydrogens (tertiary/aromatic N) is 1. The number of rotatable bonds is 4. The van der Waals surface area contributed by atoms with Gasteiger partial charge in [-0.2, -0.15) is 0 Å². The van der Waals surface area contributed by atoms with Gasteiger partial charge in [0.15, 0.2) is 5.75 Å². The summed E-state index contributed by atoms with van der Waals surface area (Å²) < 4.78 is 11.1. The first kappa shape index (κ1) is 9.31. The molecule has 0 atom stereocenters. The molecule has 0 aliphatic heterocycles. The van der Waals surface area contributed by atoms with Crippen LogP contribution in [-0.2, 0) is 0 Å². The van der Waals surface area contributed by atoms with Crippen molar-refractivity contribution in [3.8, 4) is 11.6 Å². The zero-order valence-corrected chi connectivity index (χ0v) is 8.62. The van der Waals surface area contributed by atoms with E-state index < -0.39 is 0 Å². The van der Waals surface area contributed by atoms with Gasteiger partial charge in [0.25, 0.3) is 5.88 Å². The highest BCUT2D eigenvalue weighted by molar-refractivity contribution is 5.35. The number of ether oxygens (including phenoxy) is 2. The maximum atomic E-state index is 5.68. The fourth-order valence-corrected chi connectivity index (χ4v) is 1.22. The summed E-state index contributed by atoms with van der Waals surface area (Å²) in [7, 11) is 0. The third kappa shape index (κ3) is 2.16. The van der Waals surface area contributed by atoms with Gasteiger partial charge in [0.1, 0.15) is 0 Å². The molecule has 1 aromatic rings. The van der Waals surface area contributed by atoms with Crippen molar-refractivity contribution in [1.29, 1.82) is 0 Å². The van der Waals surface area contributed by atoms with Gasteiger partial charge in [-0.05, 0) is 38.8 Å². The first-order valence-corrected chi connectivity index (χ1v) is 5.06. The summed E-state index contributed by atoms with van der Waals surface area (Å²) in [5.74, 6) is 1.40. The standard InChI is InChI=1S/C11H15NO2/c1-3-13-11-10(14-9-5-6-9)7-4-8(2)12-11/h4,7,9H,3,5-6H2,1-2H3. The second-order valence-corrected chi connectivity index (χ2v) is 3.51. The van der Waals surface area contributed by atoms with Crippen LogP contribution in [0, 0.1) is 6.92 Å². The van der Waals surface area contributed by atoms with Crippen molar-refractivity contribution in [2.45, 2.75) is 32.8 Å². The first-order chi connectivity index (χ1) is 6.79. The number of hydrogen-bond acceptors (Lipinski definition) is 3. The smallest absolute Gasteiger partial charge is 0.257 e. The van der Waals surface area contributed by atoms with E-state index in [-0.39, 0.29) is 0 Å². The highest BCUT2D eigenvalue weighted by Crippen LogP contribution is 2.32.